The van der Waals surface area contributed by atoms with E-state index in [4.69, 9.17) is 4.98 Å². The second-order valence-corrected chi connectivity index (χ2v) is 7.88. The number of aromatic nitrogens is 2. The minimum absolute atomic E-state index is 0.276. The van der Waals surface area contributed by atoms with Gasteiger partial charge in [-0.05, 0) is 55.0 Å². The number of fused-ring (bicyclic) bond motifs is 2. The van der Waals surface area contributed by atoms with Crippen molar-refractivity contribution in [2.75, 3.05) is 18.0 Å². The first kappa shape index (κ1) is 15.8. The third-order valence-corrected chi connectivity index (χ3v) is 6.19. The first-order chi connectivity index (χ1) is 12.7. The van der Waals surface area contributed by atoms with Crippen molar-refractivity contribution in [2.45, 2.75) is 45.7 Å². The van der Waals surface area contributed by atoms with Crippen LogP contribution >= 0.6 is 0 Å². The van der Waals surface area contributed by atoms with Crippen molar-refractivity contribution in [3.05, 3.63) is 52.6 Å². The van der Waals surface area contributed by atoms with E-state index in [0.29, 0.717) is 18.9 Å². The predicted octanol–water partition coefficient (Wildman–Crippen LogP) is 2.64. The van der Waals surface area contributed by atoms with Crippen molar-refractivity contribution in [2.24, 2.45) is 5.92 Å². The predicted molar refractivity (Wildman–Crippen MR) is 99.8 cm³/mol. The summed E-state index contributed by atoms with van der Waals surface area (Å²) in [7, 11) is 0. The molecule has 2 aromatic heterocycles. The molecule has 0 radical (unpaired) electrons. The van der Waals surface area contributed by atoms with E-state index in [-0.39, 0.29) is 5.91 Å². The van der Waals surface area contributed by atoms with Crippen LogP contribution in [0.15, 0.2) is 24.5 Å². The number of carbonyl (C=O) groups excluding carboxylic acids is 1. The van der Waals surface area contributed by atoms with Gasteiger partial charge in [0, 0.05) is 43.9 Å². The monoisotopic (exact) mass is 348 g/mol. The molecule has 134 valence electrons. The lowest BCUT2D eigenvalue weighted by atomic mass is 9.95. The molecule has 2 aromatic rings. The van der Waals surface area contributed by atoms with Crippen LogP contribution in [0.5, 0.6) is 0 Å². The van der Waals surface area contributed by atoms with Gasteiger partial charge in [-0.1, -0.05) is 0 Å². The first-order valence-corrected chi connectivity index (χ1v) is 9.62. The number of hydrogen-bond acceptors (Lipinski definition) is 4. The van der Waals surface area contributed by atoms with Crippen molar-refractivity contribution >= 4 is 11.6 Å². The number of anilines is 1. The van der Waals surface area contributed by atoms with Gasteiger partial charge >= 0.3 is 0 Å². The Morgan fingerprint density at radius 2 is 2.08 bits per heavy atom. The van der Waals surface area contributed by atoms with E-state index in [1.807, 2.05) is 17.2 Å². The van der Waals surface area contributed by atoms with Crippen LogP contribution in [-0.2, 0) is 30.7 Å². The summed E-state index contributed by atoms with van der Waals surface area (Å²) in [6, 6.07) is 4.04. The maximum absolute atomic E-state index is 12.8. The molecule has 0 saturated carbocycles. The average Bonchev–Trinajstić information content (AvgIpc) is 3.25. The summed E-state index contributed by atoms with van der Waals surface area (Å²) >= 11 is 0. The van der Waals surface area contributed by atoms with Crippen LogP contribution in [0.1, 0.15) is 40.9 Å². The average molecular weight is 348 g/mol. The van der Waals surface area contributed by atoms with Gasteiger partial charge in [-0.15, -0.1) is 0 Å². The third-order valence-electron chi connectivity index (χ3n) is 6.19. The number of amides is 1. The maximum Gasteiger partial charge on any atom is 0.223 e. The van der Waals surface area contributed by atoms with Gasteiger partial charge < -0.3 is 9.80 Å². The van der Waals surface area contributed by atoms with E-state index < -0.39 is 0 Å². The van der Waals surface area contributed by atoms with E-state index in [0.717, 1.165) is 43.9 Å². The molecule has 1 aliphatic carbocycles. The summed E-state index contributed by atoms with van der Waals surface area (Å²) in [5, 5.41) is 0. The molecule has 0 aromatic carbocycles. The summed E-state index contributed by atoms with van der Waals surface area (Å²) in [5.41, 5.74) is 7.72. The van der Waals surface area contributed by atoms with Gasteiger partial charge in [0.2, 0.25) is 5.91 Å². The van der Waals surface area contributed by atoms with Crippen LogP contribution in [0.25, 0.3) is 0 Å². The Morgan fingerprint density at radius 3 is 2.88 bits per heavy atom. The van der Waals surface area contributed by atoms with E-state index in [9.17, 15) is 4.79 Å². The number of aryl methyl sites for hydroxylation is 1. The lowest BCUT2D eigenvalue weighted by Crippen LogP contribution is -2.48. The molecule has 1 fully saturated rings. The topological polar surface area (TPSA) is 49.3 Å². The van der Waals surface area contributed by atoms with Crippen molar-refractivity contribution in [3.8, 4) is 0 Å². The molecule has 2 aliphatic heterocycles. The number of nitrogens with zero attached hydrogens (tertiary/aromatic N) is 4. The Bertz CT molecular complexity index is 858. The Labute approximate surface area is 154 Å². The zero-order chi connectivity index (χ0) is 17.7. The smallest absolute Gasteiger partial charge is 0.223 e. The van der Waals surface area contributed by atoms with E-state index >= 15 is 0 Å². The third kappa shape index (κ3) is 2.57. The van der Waals surface area contributed by atoms with Crippen LogP contribution in [0.2, 0.25) is 0 Å². The Morgan fingerprint density at radius 1 is 1.19 bits per heavy atom. The summed E-state index contributed by atoms with van der Waals surface area (Å²) in [4.78, 5) is 26.1. The lowest BCUT2D eigenvalue weighted by molar-refractivity contribution is -0.133. The number of hydrogen-bond donors (Lipinski definition) is 0. The molecule has 1 saturated heterocycles. The highest BCUT2D eigenvalue weighted by molar-refractivity contribution is 5.77. The normalized spacial score (nSPS) is 18.7. The van der Waals surface area contributed by atoms with Crippen LogP contribution < -0.4 is 4.90 Å². The largest absolute Gasteiger partial charge is 0.370 e. The van der Waals surface area contributed by atoms with Gasteiger partial charge in [0.1, 0.15) is 0 Å². The number of pyridine rings is 2. The molecule has 0 unspecified atom stereocenters. The fourth-order valence-electron chi connectivity index (χ4n) is 4.66. The van der Waals surface area contributed by atoms with Gasteiger partial charge in [0.25, 0.3) is 0 Å². The van der Waals surface area contributed by atoms with Crippen molar-refractivity contribution in [1.82, 2.24) is 14.9 Å². The molecule has 0 N–H and O–H groups in total. The van der Waals surface area contributed by atoms with E-state index in [1.165, 1.54) is 28.8 Å². The molecular weight excluding hydrogens is 324 g/mol. The van der Waals surface area contributed by atoms with Gasteiger partial charge in [-0.3, -0.25) is 14.8 Å². The molecule has 0 spiro atoms. The number of carbonyl (C=O) groups is 1. The summed E-state index contributed by atoms with van der Waals surface area (Å²) in [6.45, 7) is 5.56. The summed E-state index contributed by atoms with van der Waals surface area (Å²) < 4.78 is 0. The number of rotatable bonds is 3. The standard InChI is InChI=1S/C21H24N4O/c1-14-17-5-2-6-19(17)23-20-13-25(12-18(14)20)21(26)8-15-10-24(11-15)16-4-3-7-22-9-16/h3-4,7,9,15H,2,5-6,8,10-13H2,1H3. The lowest BCUT2D eigenvalue weighted by Gasteiger charge is -2.41. The molecule has 4 heterocycles. The second kappa shape index (κ2) is 6.08. The highest BCUT2D eigenvalue weighted by Gasteiger charge is 2.34. The molecule has 0 atom stereocenters. The van der Waals surface area contributed by atoms with Gasteiger partial charge in [0.05, 0.1) is 24.1 Å². The maximum atomic E-state index is 12.8. The van der Waals surface area contributed by atoms with Crippen molar-refractivity contribution in [3.63, 3.8) is 0 Å². The Kier molecular flexibility index (Phi) is 3.69. The Hall–Kier alpha value is -2.43. The fourth-order valence-corrected chi connectivity index (χ4v) is 4.66. The minimum atomic E-state index is 0.276. The summed E-state index contributed by atoms with van der Waals surface area (Å²) in [6.07, 6.45) is 7.81. The van der Waals surface area contributed by atoms with Gasteiger partial charge in [-0.2, -0.15) is 0 Å². The molecule has 5 nitrogen and oxygen atoms in total. The molecule has 5 rings (SSSR count). The van der Waals surface area contributed by atoms with E-state index in [1.54, 1.807) is 6.20 Å². The molecular formula is C21H24N4O. The summed E-state index contributed by atoms with van der Waals surface area (Å²) in [5.74, 6) is 0.726. The van der Waals surface area contributed by atoms with Crippen molar-refractivity contribution in [1.29, 1.82) is 0 Å². The molecule has 5 heteroatoms. The fraction of sp³-hybridized carbons (Fsp3) is 0.476. The zero-order valence-corrected chi connectivity index (χ0v) is 15.2. The van der Waals surface area contributed by atoms with Crippen LogP contribution in [0.3, 0.4) is 0 Å². The van der Waals surface area contributed by atoms with Crippen LogP contribution in [0, 0.1) is 12.8 Å². The minimum Gasteiger partial charge on any atom is -0.370 e. The molecule has 26 heavy (non-hydrogen) atoms. The molecule has 3 aliphatic rings. The molecule has 1 amide bonds. The quantitative estimate of drug-likeness (QED) is 0.856. The van der Waals surface area contributed by atoms with Gasteiger partial charge in [-0.25, -0.2) is 0 Å². The zero-order valence-electron chi connectivity index (χ0n) is 15.2. The van der Waals surface area contributed by atoms with Gasteiger partial charge in [0.15, 0.2) is 0 Å². The highest BCUT2D eigenvalue weighted by atomic mass is 16.2. The van der Waals surface area contributed by atoms with E-state index in [2.05, 4.69) is 22.9 Å². The highest BCUT2D eigenvalue weighted by Crippen LogP contribution is 2.33. The first-order valence-electron chi connectivity index (χ1n) is 9.62. The van der Waals surface area contributed by atoms with Crippen LogP contribution in [-0.4, -0.2) is 33.9 Å². The Balaban J connectivity index is 1.21. The molecule has 0 bridgehead atoms. The SMILES string of the molecule is Cc1c2c(nc3c1CN(C(=O)CC1CN(c4cccnc4)C1)C3)CCC2. The van der Waals surface area contributed by atoms with Crippen molar-refractivity contribution < 1.29 is 4.79 Å². The van der Waals surface area contributed by atoms with Crippen LogP contribution in [0.4, 0.5) is 5.69 Å². The second-order valence-electron chi connectivity index (χ2n) is 7.88.